The quantitative estimate of drug-likeness (QED) is 0.835. The van der Waals surface area contributed by atoms with Crippen molar-refractivity contribution in [2.24, 2.45) is 5.73 Å². The number of nitrogens with two attached hydrogens (primary N) is 1. The fourth-order valence-electron chi connectivity index (χ4n) is 1.69. The Morgan fingerprint density at radius 1 is 1.38 bits per heavy atom. The van der Waals surface area contributed by atoms with Crippen molar-refractivity contribution in [1.29, 1.82) is 0 Å². The van der Waals surface area contributed by atoms with Crippen LogP contribution in [0.25, 0.3) is 0 Å². The second-order valence-electron chi connectivity index (χ2n) is 3.69. The van der Waals surface area contributed by atoms with Gasteiger partial charge in [0.25, 0.3) is 0 Å². The third-order valence-electron chi connectivity index (χ3n) is 2.61. The van der Waals surface area contributed by atoms with Gasteiger partial charge in [-0.25, -0.2) is 0 Å². The predicted molar refractivity (Wildman–Crippen MR) is 67.0 cm³/mol. The molecule has 0 aliphatic carbocycles. The molecule has 0 unspecified atom stereocenters. The first-order valence-electron chi connectivity index (χ1n) is 5.17. The SMILES string of the molecule is CC[C@@H](N)[C@@H](CC(=O)O)c1ccccc1.Cl. The molecule has 1 rings (SSSR count). The van der Waals surface area contributed by atoms with E-state index in [4.69, 9.17) is 10.8 Å². The molecule has 0 fully saturated rings. The van der Waals surface area contributed by atoms with Gasteiger partial charge >= 0.3 is 5.97 Å². The van der Waals surface area contributed by atoms with Crippen LogP contribution in [0.15, 0.2) is 30.3 Å². The van der Waals surface area contributed by atoms with Crippen molar-refractivity contribution in [1.82, 2.24) is 0 Å². The van der Waals surface area contributed by atoms with E-state index in [2.05, 4.69) is 0 Å². The van der Waals surface area contributed by atoms with E-state index in [1.165, 1.54) is 0 Å². The molecule has 0 aliphatic rings. The minimum atomic E-state index is -0.798. The summed E-state index contributed by atoms with van der Waals surface area (Å²) in [7, 11) is 0. The number of benzene rings is 1. The molecule has 3 nitrogen and oxygen atoms in total. The second kappa shape index (κ2) is 7.25. The largest absolute Gasteiger partial charge is 0.481 e. The maximum absolute atomic E-state index is 10.7. The summed E-state index contributed by atoms with van der Waals surface area (Å²) in [5, 5.41) is 8.83. The smallest absolute Gasteiger partial charge is 0.304 e. The monoisotopic (exact) mass is 243 g/mol. The molecule has 0 heterocycles. The first-order chi connectivity index (χ1) is 7.15. The molecule has 2 atom stereocenters. The first kappa shape index (κ1) is 14.9. The van der Waals surface area contributed by atoms with Crippen LogP contribution in [-0.4, -0.2) is 17.1 Å². The Labute approximate surface area is 102 Å². The molecule has 90 valence electrons. The Kier molecular flexibility index (Phi) is 6.77. The van der Waals surface area contributed by atoms with E-state index < -0.39 is 5.97 Å². The number of rotatable bonds is 5. The van der Waals surface area contributed by atoms with Crippen molar-refractivity contribution in [3.63, 3.8) is 0 Å². The Hall–Kier alpha value is -1.06. The lowest BCUT2D eigenvalue weighted by atomic mass is 9.88. The molecule has 1 aromatic carbocycles. The van der Waals surface area contributed by atoms with E-state index in [-0.39, 0.29) is 30.8 Å². The Balaban J connectivity index is 0.00000225. The number of carboxylic acids is 1. The van der Waals surface area contributed by atoms with Crippen LogP contribution in [0.5, 0.6) is 0 Å². The van der Waals surface area contributed by atoms with E-state index in [1.54, 1.807) is 0 Å². The topological polar surface area (TPSA) is 63.3 Å². The van der Waals surface area contributed by atoms with Gasteiger partial charge in [0.05, 0.1) is 6.42 Å². The average Bonchev–Trinajstić information content (AvgIpc) is 2.26. The van der Waals surface area contributed by atoms with Crippen LogP contribution in [0.4, 0.5) is 0 Å². The van der Waals surface area contributed by atoms with Gasteiger partial charge in [0, 0.05) is 12.0 Å². The molecule has 3 N–H and O–H groups in total. The van der Waals surface area contributed by atoms with Gasteiger partial charge in [-0.2, -0.15) is 0 Å². The number of carboxylic acid groups (broad SMARTS) is 1. The van der Waals surface area contributed by atoms with Crippen molar-refractivity contribution >= 4 is 18.4 Å². The average molecular weight is 244 g/mol. The summed E-state index contributed by atoms with van der Waals surface area (Å²) in [6, 6.07) is 9.51. The highest BCUT2D eigenvalue weighted by molar-refractivity contribution is 5.85. The van der Waals surface area contributed by atoms with Crippen LogP contribution in [0.3, 0.4) is 0 Å². The van der Waals surface area contributed by atoms with Gasteiger partial charge < -0.3 is 10.8 Å². The number of carbonyl (C=O) groups is 1. The number of hydrogen-bond acceptors (Lipinski definition) is 2. The van der Waals surface area contributed by atoms with Gasteiger partial charge in [-0.3, -0.25) is 4.79 Å². The van der Waals surface area contributed by atoms with E-state index >= 15 is 0 Å². The highest BCUT2D eigenvalue weighted by Crippen LogP contribution is 2.23. The van der Waals surface area contributed by atoms with Crippen molar-refractivity contribution in [2.75, 3.05) is 0 Å². The molecule has 0 saturated heterocycles. The van der Waals surface area contributed by atoms with Crippen molar-refractivity contribution in [2.45, 2.75) is 31.7 Å². The Bertz CT molecular complexity index is 316. The molecule has 0 aliphatic heterocycles. The molecule has 1 aromatic rings. The zero-order valence-corrected chi connectivity index (χ0v) is 10.1. The summed E-state index contributed by atoms with van der Waals surface area (Å²) >= 11 is 0. The number of aliphatic carboxylic acids is 1. The Morgan fingerprint density at radius 2 is 1.94 bits per heavy atom. The van der Waals surface area contributed by atoms with Crippen LogP contribution < -0.4 is 5.73 Å². The summed E-state index contributed by atoms with van der Waals surface area (Å²) in [6.07, 6.45) is 0.881. The van der Waals surface area contributed by atoms with Gasteiger partial charge in [-0.05, 0) is 12.0 Å². The van der Waals surface area contributed by atoms with Crippen LogP contribution in [0.1, 0.15) is 31.2 Å². The summed E-state index contributed by atoms with van der Waals surface area (Å²) < 4.78 is 0. The third-order valence-corrected chi connectivity index (χ3v) is 2.61. The summed E-state index contributed by atoms with van der Waals surface area (Å²) in [5.41, 5.74) is 6.94. The fourth-order valence-corrected chi connectivity index (χ4v) is 1.69. The summed E-state index contributed by atoms with van der Waals surface area (Å²) in [4.78, 5) is 10.7. The maximum Gasteiger partial charge on any atom is 0.304 e. The van der Waals surface area contributed by atoms with E-state index in [0.717, 1.165) is 12.0 Å². The fraction of sp³-hybridized carbons (Fsp3) is 0.417. The molecule has 0 aromatic heterocycles. The molecule has 0 radical (unpaired) electrons. The van der Waals surface area contributed by atoms with Crippen LogP contribution in [0.2, 0.25) is 0 Å². The number of halogens is 1. The lowest BCUT2D eigenvalue weighted by molar-refractivity contribution is -0.137. The van der Waals surface area contributed by atoms with Crippen molar-refractivity contribution in [3.05, 3.63) is 35.9 Å². The molecule has 0 amide bonds. The lowest BCUT2D eigenvalue weighted by Gasteiger charge is -2.21. The molecule has 0 spiro atoms. The first-order valence-corrected chi connectivity index (χ1v) is 5.17. The van der Waals surface area contributed by atoms with Crippen LogP contribution in [-0.2, 0) is 4.79 Å². The molecule has 16 heavy (non-hydrogen) atoms. The standard InChI is InChI=1S/C12H17NO2.ClH/c1-2-11(13)10(8-12(14)15)9-6-4-3-5-7-9;/h3-7,10-11H,2,8,13H2,1H3,(H,14,15);1H/t10-,11+;/m0./s1. The van der Waals surface area contributed by atoms with E-state index in [1.807, 2.05) is 37.3 Å². The van der Waals surface area contributed by atoms with Gasteiger partial charge in [0.1, 0.15) is 0 Å². The predicted octanol–water partition coefficient (Wildman–Crippen LogP) is 2.40. The van der Waals surface area contributed by atoms with Gasteiger partial charge in [0.2, 0.25) is 0 Å². The molecule has 0 saturated carbocycles. The summed E-state index contributed by atoms with van der Waals surface area (Å²) in [6.45, 7) is 1.97. The van der Waals surface area contributed by atoms with Crippen LogP contribution in [0, 0.1) is 0 Å². The maximum atomic E-state index is 10.7. The van der Waals surface area contributed by atoms with Gasteiger partial charge in [0.15, 0.2) is 0 Å². The van der Waals surface area contributed by atoms with Crippen molar-refractivity contribution < 1.29 is 9.90 Å². The minimum absolute atomic E-state index is 0. The minimum Gasteiger partial charge on any atom is -0.481 e. The molecule has 4 heteroatoms. The zero-order chi connectivity index (χ0) is 11.3. The van der Waals surface area contributed by atoms with Crippen molar-refractivity contribution in [3.8, 4) is 0 Å². The molecular weight excluding hydrogens is 226 g/mol. The molecule has 0 bridgehead atoms. The van der Waals surface area contributed by atoms with E-state index in [0.29, 0.717) is 0 Å². The normalized spacial score (nSPS) is 13.6. The number of hydrogen-bond donors (Lipinski definition) is 2. The third kappa shape index (κ3) is 4.21. The van der Waals surface area contributed by atoms with Gasteiger partial charge in [-0.15, -0.1) is 12.4 Å². The second-order valence-corrected chi connectivity index (χ2v) is 3.69. The Morgan fingerprint density at radius 3 is 2.38 bits per heavy atom. The highest BCUT2D eigenvalue weighted by Gasteiger charge is 2.21. The van der Waals surface area contributed by atoms with E-state index in [9.17, 15) is 4.79 Å². The molecular formula is C12H18ClNO2. The zero-order valence-electron chi connectivity index (χ0n) is 9.30. The van der Waals surface area contributed by atoms with Gasteiger partial charge in [-0.1, -0.05) is 37.3 Å². The lowest BCUT2D eigenvalue weighted by Crippen LogP contribution is -2.29. The van der Waals surface area contributed by atoms with Crippen LogP contribution >= 0.6 is 12.4 Å². The summed E-state index contributed by atoms with van der Waals surface area (Å²) in [5.74, 6) is -0.888. The highest BCUT2D eigenvalue weighted by atomic mass is 35.5.